The summed E-state index contributed by atoms with van der Waals surface area (Å²) in [6.07, 6.45) is 0. The minimum Gasteiger partial charge on any atom is -0.496 e. The molecular formula is C11H11BrN2OS. The monoisotopic (exact) mass is 298 g/mol. The summed E-state index contributed by atoms with van der Waals surface area (Å²) in [5, 5.41) is 2.49. The van der Waals surface area contributed by atoms with Gasteiger partial charge < -0.3 is 10.5 Å². The summed E-state index contributed by atoms with van der Waals surface area (Å²) in [4.78, 5) is 4.26. The molecule has 0 amide bonds. The molecule has 0 atom stereocenters. The molecule has 0 saturated carbocycles. The number of rotatable bonds is 2. The van der Waals surface area contributed by atoms with Crippen LogP contribution in [-0.4, -0.2) is 12.1 Å². The summed E-state index contributed by atoms with van der Waals surface area (Å²) < 4.78 is 6.38. The molecule has 1 heterocycles. The number of anilines is 1. The second-order valence-electron chi connectivity index (χ2n) is 3.37. The van der Waals surface area contributed by atoms with Crippen molar-refractivity contribution in [2.24, 2.45) is 0 Å². The van der Waals surface area contributed by atoms with Crippen LogP contribution in [0.25, 0.3) is 11.3 Å². The van der Waals surface area contributed by atoms with Crippen molar-refractivity contribution >= 4 is 32.4 Å². The number of nitrogens with zero attached hydrogens (tertiary/aromatic N) is 1. The molecule has 0 fully saturated rings. The van der Waals surface area contributed by atoms with Crippen molar-refractivity contribution < 1.29 is 4.74 Å². The van der Waals surface area contributed by atoms with Crippen LogP contribution >= 0.6 is 27.3 Å². The number of nitrogens with two attached hydrogens (primary N) is 1. The van der Waals surface area contributed by atoms with E-state index in [1.54, 1.807) is 7.11 Å². The zero-order valence-electron chi connectivity index (χ0n) is 8.95. The molecule has 2 rings (SSSR count). The molecule has 2 aromatic rings. The predicted octanol–water partition coefficient (Wildman–Crippen LogP) is 3.47. The smallest absolute Gasteiger partial charge is 0.180 e. The molecule has 0 radical (unpaired) electrons. The van der Waals surface area contributed by atoms with Crippen LogP contribution in [0.1, 0.15) is 5.56 Å². The van der Waals surface area contributed by atoms with E-state index in [0.717, 1.165) is 27.0 Å². The molecule has 84 valence electrons. The number of nitrogen functional groups attached to an aromatic ring is 1. The maximum atomic E-state index is 5.63. The van der Waals surface area contributed by atoms with Crippen molar-refractivity contribution in [2.75, 3.05) is 12.8 Å². The molecule has 1 aromatic carbocycles. The zero-order valence-corrected chi connectivity index (χ0v) is 11.4. The summed E-state index contributed by atoms with van der Waals surface area (Å²) in [5.74, 6) is 0.811. The second-order valence-corrected chi connectivity index (χ2v) is 5.12. The average Bonchev–Trinajstić information content (AvgIpc) is 2.68. The van der Waals surface area contributed by atoms with Crippen molar-refractivity contribution in [1.29, 1.82) is 0 Å². The third-order valence-corrected chi connectivity index (χ3v) is 3.81. The van der Waals surface area contributed by atoms with Gasteiger partial charge in [0.1, 0.15) is 5.75 Å². The number of halogens is 1. The molecule has 0 aliphatic rings. The topological polar surface area (TPSA) is 48.1 Å². The summed E-state index contributed by atoms with van der Waals surface area (Å²) in [5.41, 5.74) is 8.56. The van der Waals surface area contributed by atoms with Crippen LogP contribution in [0.3, 0.4) is 0 Å². The van der Waals surface area contributed by atoms with Crippen LogP contribution in [0.2, 0.25) is 0 Å². The molecular weight excluding hydrogens is 288 g/mol. The highest BCUT2D eigenvalue weighted by Crippen LogP contribution is 2.35. The Hall–Kier alpha value is -1.07. The fourth-order valence-corrected chi connectivity index (χ4v) is 2.34. The highest BCUT2D eigenvalue weighted by atomic mass is 79.9. The van der Waals surface area contributed by atoms with E-state index in [1.165, 1.54) is 11.3 Å². The molecule has 0 bridgehead atoms. The average molecular weight is 299 g/mol. The summed E-state index contributed by atoms with van der Waals surface area (Å²) in [7, 11) is 1.65. The van der Waals surface area contributed by atoms with Gasteiger partial charge in [-0.1, -0.05) is 15.9 Å². The first-order valence-corrected chi connectivity index (χ1v) is 6.34. The Balaban J connectivity index is 2.59. The van der Waals surface area contributed by atoms with Gasteiger partial charge in [0, 0.05) is 15.4 Å². The SMILES string of the molecule is COc1cc(C)c(Br)cc1-c1csc(N)n1. The van der Waals surface area contributed by atoms with E-state index in [9.17, 15) is 0 Å². The summed E-state index contributed by atoms with van der Waals surface area (Å²) in [6.45, 7) is 2.02. The Morgan fingerprint density at radius 1 is 1.44 bits per heavy atom. The van der Waals surface area contributed by atoms with E-state index in [1.807, 2.05) is 24.4 Å². The van der Waals surface area contributed by atoms with E-state index in [-0.39, 0.29) is 0 Å². The number of aryl methyl sites for hydroxylation is 1. The van der Waals surface area contributed by atoms with Gasteiger partial charge in [0.05, 0.1) is 12.8 Å². The van der Waals surface area contributed by atoms with Gasteiger partial charge >= 0.3 is 0 Å². The third-order valence-electron chi connectivity index (χ3n) is 2.28. The van der Waals surface area contributed by atoms with Gasteiger partial charge in [-0.2, -0.15) is 0 Å². The third kappa shape index (κ3) is 2.05. The van der Waals surface area contributed by atoms with E-state index >= 15 is 0 Å². The molecule has 2 N–H and O–H groups in total. The lowest BCUT2D eigenvalue weighted by atomic mass is 10.1. The number of ether oxygens (including phenoxy) is 1. The molecule has 5 heteroatoms. The maximum absolute atomic E-state index is 5.63. The van der Waals surface area contributed by atoms with Gasteiger partial charge in [-0.15, -0.1) is 11.3 Å². The van der Waals surface area contributed by atoms with Crippen molar-refractivity contribution in [2.45, 2.75) is 6.92 Å². The second kappa shape index (κ2) is 4.43. The first-order valence-electron chi connectivity index (χ1n) is 4.67. The van der Waals surface area contributed by atoms with Crippen molar-refractivity contribution in [1.82, 2.24) is 4.98 Å². The summed E-state index contributed by atoms with van der Waals surface area (Å²) >= 11 is 4.93. The van der Waals surface area contributed by atoms with Gasteiger partial charge in [-0.25, -0.2) is 4.98 Å². The van der Waals surface area contributed by atoms with Gasteiger partial charge in [-0.3, -0.25) is 0 Å². The Kier molecular flexibility index (Phi) is 3.16. The Labute approximate surface area is 106 Å². The van der Waals surface area contributed by atoms with Crippen LogP contribution in [0.15, 0.2) is 22.0 Å². The van der Waals surface area contributed by atoms with Crippen molar-refractivity contribution in [3.05, 3.63) is 27.5 Å². The fraction of sp³-hybridized carbons (Fsp3) is 0.182. The van der Waals surface area contributed by atoms with Crippen LogP contribution in [0.4, 0.5) is 5.13 Å². The first-order chi connectivity index (χ1) is 7.61. The summed E-state index contributed by atoms with van der Waals surface area (Å²) in [6, 6.07) is 3.98. The number of thiazole rings is 1. The van der Waals surface area contributed by atoms with Gasteiger partial charge in [0.25, 0.3) is 0 Å². The quantitative estimate of drug-likeness (QED) is 0.923. The molecule has 0 saturated heterocycles. The van der Waals surface area contributed by atoms with Crippen LogP contribution in [-0.2, 0) is 0 Å². The van der Waals surface area contributed by atoms with Crippen LogP contribution < -0.4 is 10.5 Å². The van der Waals surface area contributed by atoms with Gasteiger partial charge in [0.2, 0.25) is 0 Å². The lowest BCUT2D eigenvalue weighted by Crippen LogP contribution is -1.91. The van der Waals surface area contributed by atoms with E-state index in [0.29, 0.717) is 5.13 Å². The largest absolute Gasteiger partial charge is 0.496 e. The fourth-order valence-electron chi connectivity index (χ4n) is 1.44. The molecule has 0 spiro atoms. The zero-order chi connectivity index (χ0) is 11.7. The number of hydrogen-bond acceptors (Lipinski definition) is 4. The molecule has 1 aromatic heterocycles. The first kappa shape index (κ1) is 11.4. The Morgan fingerprint density at radius 2 is 2.19 bits per heavy atom. The van der Waals surface area contributed by atoms with Gasteiger partial charge in [0.15, 0.2) is 5.13 Å². The minimum absolute atomic E-state index is 0.564. The molecule has 0 aliphatic heterocycles. The number of benzene rings is 1. The maximum Gasteiger partial charge on any atom is 0.180 e. The highest BCUT2D eigenvalue weighted by Gasteiger charge is 2.11. The van der Waals surface area contributed by atoms with Crippen molar-refractivity contribution in [3.8, 4) is 17.0 Å². The lowest BCUT2D eigenvalue weighted by molar-refractivity contribution is 0.416. The highest BCUT2D eigenvalue weighted by molar-refractivity contribution is 9.10. The van der Waals surface area contributed by atoms with E-state index < -0.39 is 0 Å². The molecule has 3 nitrogen and oxygen atoms in total. The lowest BCUT2D eigenvalue weighted by Gasteiger charge is -2.09. The normalized spacial score (nSPS) is 10.4. The van der Waals surface area contributed by atoms with Crippen molar-refractivity contribution in [3.63, 3.8) is 0 Å². The standard InChI is InChI=1S/C11H11BrN2OS/c1-6-3-10(15-2)7(4-8(6)12)9-5-16-11(13)14-9/h3-5H,1-2H3,(H2,13,14). The van der Waals surface area contributed by atoms with Gasteiger partial charge in [-0.05, 0) is 24.6 Å². The Morgan fingerprint density at radius 3 is 2.75 bits per heavy atom. The molecule has 0 aliphatic carbocycles. The minimum atomic E-state index is 0.564. The van der Waals surface area contributed by atoms with E-state index in [2.05, 4.69) is 20.9 Å². The predicted molar refractivity (Wildman–Crippen MR) is 71.0 cm³/mol. The molecule has 0 unspecified atom stereocenters. The number of methoxy groups -OCH3 is 1. The van der Waals surface area contributed by atoms with Crippen LogP contribution in [0, 0.1) is 6.92 Å². The van der Waals surface area contributed by atoms with E-state index in [4.69, 9.17) is 10.5 Å². The molecule has 16 heavy (non-hydrogen) atoms. The van der Waals surface area contributed by atoms with Crippen LogP contribution in [0.5, 0.6) is 5.75 Å². The Bertz CT molecular complexity index is 525. The number of aromatic nitrogens is 1. The number of hydrogen-bond donors (Lipinski definition) is 1.